The molecule has 1 N–H and O–H groups in total. The van der Waals surface area contributed by atoms with Crippen molar-refractivity contribution in [2.24, 2.45) is 0 Å². The van der Waals surface area contributed by atoms with Crippen LogP contribution in [-0.2, 0) is 9.59 Å². The van der Waals surface area contributed by atoms with Crippen LogP contribution in [0.25, 0.3) is 5.76 Å². The van der Waals surface area contributed by atoms with Gasteiger partial charge in [-0.25, -0.2) is 0 Å². The van der Waals surface area contributed by atoms with E-state index in [1.807, 2.05) is 12.1 Å². The molecule has 0 saturated carbocycles. The molecule has 0 aliphatic carbocycles. The number of benzene rings is 2. The minimum absolute atomic E-state index is 0.0672. The van der Waals surface area contributed by atoms with Gasteiger partial charge in [0.15, 0.2) is 0 Å². The predicted octanol–water partition coefficient (Wildman–Crippen LogP) is 4.02. The minimum Gasteiger partial charge on any atom is -0.507 e. The summed E-state index contributed by atoms with van der Waals surface area (Å²) in [7, 11) is 1.53. The van der Waals surface area contributed by atoms with Crippen LogP contribution in [0.2, 0.25) is 0 Å². The lowest BCUT2D eigenvalue weighted by molar-refractivity contribution is -0.140. The van der Waals surface area contributed by atoms with Gasteiger partial charge < -0.3 is 24.4 Å². The topological polar surface area (TPSA) is 79.3 Å². The van der Waals surface area contributed by atoms with E-state index in [1.54, 1.807) is 47.4 Å². The van der Waals surface area contributed by atoms with Gasteiger partial charge in [0.1, 0.15) is 23.9 Å². The lowest BCUT2D eigenvalue weighted by Gasteiger charge is -2.28. The van der Waals surface area contributed by atoms with Gasteiger partial charge in [0.25, 0.3) is 11.7 Å². The molecule has 0 radical (unpaired) electrons. The highest BCUT2D eigenvalue weighted by Crippen LogP contribution is 2.40. The lowest BCUT2D eigenvalue weighted by Crippen LogP contribution is -2.38. The molecule has 1 aliphatic heterocycles. The third-order valence-electron chi connectivity index (χ3n) is 6.00. The summed E-state index contributed by atoms with van der Waals surface area (Å²) in [6.45, 7) is 10.8. The van der Waals surface area contributed by atoms with Crippen LogP contribution >= 0.6 is 0 Å². The van der Waals surface area contributed by atoms with Crippen LogP contribution in [0, 0.1) is 0 Å². The van der Waals surface area contributed by atoms with Crippen LogP contribution < -0.4 is 9.47 Å². The molecule has 0 aromatic heterocycles. The van der Waals surface area contributed by atoms with Crippen molar-refractivity contribution >= 4 is 17.4 Å². The van der Waals surface area contributed by atoms with Gasteiger partial charge in [0.2, 0.25) is 0 Å². The fourth-order valence-corrected chi connectivity index (χ4v) is 4.07. The number of likely N-dealkylation sites (tertiary alicyclic amines) is 1. The van der Waals surface area contributed by atoms with Crippen LogP contribution in [-0.4, -0.2) is 66.5 Å². The van der Waals surface area contributed by atoms with E-state index in [2.05, 4.69) is 25.3 Å². The van der Waals surface area contributed by atoms with E-state index in [0.717, 1.165) is 13.1 Å². The van der Waals surface area contributed by atoms with E-state index in [0.29, 0.717) is 42.3 Å². The van der Waals surface area contributed by atoms with Gasteiger partial charge in [0, 0.05) is 18.7 Å². The summed E-state index contributed by atoms with van der Waals surface area (Å²) in [5.41, 5.74) is 1.20. The number of ketones is 1. The first-order valence-electron chi connectivity index (χ1n) is 11.4. The maximum absolute atomic E-state index is 13.2. The highest BCUT2D eigenvalue weighted by Gasteiger charge is 2.46. The van der Waals surface area contributed by atoms with Crippen LogP contribution in [0.4, 0.5) is 0 Å². The normalized spacial score (nSPS) is 17.3. The number of nitrogens with zero attached hydrogens (tertiary/aromatic N) is 2. The summed E-state index contributed by atoms with van der Waals surface area (Å²) in [5, 5.41) is 11.2. The Morgan fingerprint density at radius 3 is 2.44 bits per heavy atom. The van der Waals surface area contributed by atoms with Crippen LogP contribution in [0.5, 0.6) is 11.5 Å². The number of ether oxygens (including phenoxy) is 2. The Bertz CT molecular complexity index is 1060. The second-order valence-corrected chi connectivity index (χ2v) is 7.92. The molecule has 7 nitrogen and oxygen atoms in total. The molecule has 1 aliphatic rings. The number of aliphatic hydroxyl groups is 1. The molecular formula is C27H32N2O5. The monoisotopic (exact) mass is 464 g/mol. The molecule has 34 heavy (non-hydrogen) atoms. The predicted molar refractivity (Wildman–Crippen MR) is 132 cm³/mol. The van der Waals surface area contributed by atoms with Gasteiger partial charge in [-0.05, 0) is 42.9 Å². The molecule has 180 valence electrons. The lowest BCUT2D eigenvalue weighted by atomic mass is 9.95. The van der Waals surface area contributed by atoms with E-state index in [-0.39, 0.29) is 11.3 Å². The number of Topliss-reactive ketones (excluding diaryl/α,β-unsaturated/α-hetero) is 1. The molecule has 1 atom stereocenters. The largest absolute Gasteiger partial charge is 0.507 e. The first-order valence-corrected chi connectivity index (χ1v) is 11.4. The van der Waals surface area contributed by atoms with E-state index < -0.39 is 17.7 Å². The van der Waals surface area contributed by atoms with Crippen molar-refractivity contribution in [3.8, 4) is 11.5 Å². The first kappa shape index (κ1) is 25.1. The van der Waals surface area contributed by atoms with E-state index in [4.69, 9.17) is 9.47 Å². The van der Waals surface area contributed by atoms with Gasteiger partial charge >= 0.3 is 0 Å². The average Bonchev–Trinajstić information content (AvgIpc) is 3.13. The number of carbonyl (C=O) groups excluding carboxylic acids is 2. The van der Waals surface area contributed by atoms with Crippen LogP contribution in [0.3, 0.4) is 0 Å². The second kappa shape index (κ2) is 11.5. The number of rotatable bonds is 11. The molecule has 0 bridgehead atoms. The smallest absolute Gasteiger partial charge is 0.295 e. The van der Waals surface area contributed by atoms with Crippen molar-refractivity contribution in [3.63, 3.8) is 0 Å². The summed E-state index contributed by atoms with van der Waals surface area (Å²) in [6, 6.07) is 13.3. The Hall–Kier alpha value is -3.58. The summed E-state index contributed by atoms with van der Waals surface area (Å²) in [5.74, 6) is -0.346. The van der Waals surface area contributed by atoms with Crippen LogP contribution in [0.15, 0.2) is 66.8 Å². The standard InChI is InChI=1S/C27H32N2O5/c1-5-17-34-21-13-11-19(12-14-21)24-23(25(30)20-9-8-10-22(18-20)33-4)26(31)27(32)29(24)16-15-28(6-2)7-3/h5,8-14,18,24,30H,1,6-7,15-17H2,2-4H3. The van der Waals surface area contributed by atoms with Crippen molar-refractivity contribution in [3.05, 3.63) is 77.9 Å². The number of hydrogen-bond acceptors (Lipinski definition) is 6. The van der Waals surface area contributed by atoms with Gasteiger partial charge in [-0.2, -0.15) is 0 Å². The molecular weight excluding hydrogens is 432 g/mol. The van der Waals surface area contributed by atoms with Crippen molar-refractivity contribution < 1.29 is 24.2 Å². The fraction of sp³-hybridized carbons (Fsp3) is 0.333. The Balaban J connectivity index is 2.07. The third-order valence-corrected chi connectivity index (χ3v) is 6.00. The Morgan fingerprint density at radius 1 is 1.12 bits per heavy atom. The van der Waals surface area contributed by atoms with E-state index in [9.17, 15) is 14.7 Å². The summed E-state index contributed by atoms with van der Waals surface area (Å²) < 4.78 is 10.8. The number of likely N-dealkylation sites (N-methyl/N-ethyl adjacent to an activating group) is 1. The van der Waals surface area contributed by atoms with E-state index in [1.165, 1.54) is 7.11 Å². The Labute approximate surface area is 200 Å². The quantitative estimate of drug-likeness (QED) is 0.234. The number of hydrogen-bond donors (Lipinski definition) is 1. The molecule has 1 unspecified atom stereocenters. The fourth-order valence-electron chi connectivity index (χ4n) is 4.07. The van der Waals surface area contributed by atoms with Gasteiger partial charge in [-0.15, -0.1) is 0 Å². The average molecular weight is 465 g/mol. The number of amides is 1. The molecule has 7 heteroatoms. The third kappa shape index (κ3) is 5.31. The summed E-state index contributed by atoms with van der Waals surface area (Å²) >= 11 is 0. The zero-order valence-corrected chi connectivity index (χ0v) is 20.0. The first-order chi connectivity index (χ1) is 16.4. The Kier molecular flexibility index (Phi) is 8.49. The highest BCUT2D eigenvalue weighted by atomic mass is 16.5. The molecule has 1 saturated heterocycles. The van der Waals surface area contributed by atoms with Crippen molar-refractivity contribution in [2.45, 2.75) is 19.9 Å². The zero-order valence-electron chi connectivity index (χ0n) is 20.0. The maximum Gasteiger partial charge on any atom is 0.295 e. The molecule has 2 aromatic carbocycles. The Morgan fingerprint density at radius 2 is 1.82 bits per heavy atom. The highest BCUT2D eigenvalue weighted by molar-refractivity contribution is 6.46. The molecule has 0 spiro atoms. The molecule has 2 aromatic rings. The summed E-state index contributed by atoms with van der Waals surface area (Å²) in [6.07, 6.45) is 1.66. The van der Waals surface area contributed by atoms with Crippen LogP contribution in [0.1, 0.15) is 31.0 Å². The second-order valence-electron chi connectivity index (χ2n) is 7.92. The van der Waals surface area contributed by atoms with Crippen molar-refractivity contribution in [1.29, 1.82) is 0 Å². The van der Waals surface area contributed by atoms with Gasteiger partial charge in [-0.3, -0.25) is 9.59 Å². The number of carbonyl (C=O) groups is 2. The molecule has 1 amide bonds. The number of methoxy groups -OCH3 is 1. The maximum atomic E-state index is 13.2. The molecule has 3 rings (SSSR count). The zero-order chi connectivity index (χ0) is 24.7. The minimum atomic E-state index is -0.713. The molecule has 1 heterocycles. The summed E-state index contributed by atoms with van der Waals surface area (Å²) in [4.78, 5) is 30.0. The molecule has 1 fully saturated rings. The van der Waals surface area contributed by atoms with E-state index >= 15 is 0 Å². The van der Waals surface area contributed by atoms with Gasteiger partial charge in [0.05, 0.1) is 18.7 Å². The van der Waals surface area contributed by atoms with Gasteiger partial charge in [-0.1, -0.05) is 50.8 Å². The number of aliphatic hydroxyl groups excluding tert-OH is 1. The SMILES string of the molecule is C=CCOc1ccc(C2C(=C(O)c3cccc(OC)c3)C(=O)C(=O)N2CCN(CC)CC)cc1. The van der Waals surface area contributed by atoms with Crippen molar-refractivity contribution in [2.75, 3.05) is 39.9 Å². The van der Waals surface area contributed by atoms with Crippen molar-refractivity contribution in [1.82, 2.24) is 9.80 Å².